The molecule has 1 aromatic rings. The molecule has 1 N–H and O–H groups in total. The van der Waals surface area contributed by atoms with Crippen molar-refractivity contribution in [1.29, 1.82) is 0 Å². The van der Waals surface area contributed by atoms with Crippen LogP contribution < -0.4 is 5.32 Å². The van der Waals surface area contributed by atoms with Crippen molar-refractivity contribution >= 4 is 40.6 Å². The zero-order valence-corrected chi connectivity index (χ0v) is 12.4. The third kappa shape index (κ3) is 4.89. The van der Waals surface area contributed by atoms with Crippen LogP contribution in [0.1, 0.15) is 12.5 Å². The second-order valence-electron chi connectivity index (χ2n) is 3.94. The van der Waals surface area contributed by atoms with Crippen molar-refractivity contribution in [3.05, 3.63) is 26.8 Å². The number of alkyl halides is 6. The smallest absolute Gasteiger partial charge is 0.320 e. The molecule has 5 nitrogen and oxygen atoms in total. The Morgan fingerprint density at radius 3 is 2.17 bits per heavy atom. The van der Waals surface area contributed by atoms with Crippen molar-refractivity contribution in [2.45, 2.75) is 23.5 Å². The summed E-state index contributed by atoms with van der Waals surface area (Å²) in [6.07, 6.45) is -5.43. The summed E-state index contributed by atoms with van der Waals surface area (Å²) in [5, 5.41) is 11.3. The summed E-state index contributed by atoms with van der Waals surface area (Å²) in [5.41, 5.74) is -9.84. The number of amides is 1. The maximum absolute atomic E-state index is 13.1. The number of nitro benzene ring substituents is 1. The van der Waals surface area contributed by atoms with Gasteiger partial charge in [0, 0.05) is 17.9 Å². The largest absolute Gasteiger partial charge is 0.446 e. The second kappa shape index (κ2) is 6.43. The maximum Gasteiger partial charge on any atom is 0.446 e. The number of hydrogen-bond acceptors (Lipinski definition) is 4. The highest BCUT2D eigenvalue weighted by Gasteiger charge is 2.44. The molecule has 0 bridgehead atoms. The lowest BCUT2D eigenvalue weighted by Gasteiger charge is -2.19. The zero-order valence-electron chi connectivity index (χ0n) is 10.8. The van der Waals surface area contributed by atoms with E-state index in [0.717, 1.165) is 6.92 Å². The third-order valence-corrected chi connectivity index (χ3v) is 3.48. The van der Waals surface area contributed by atoms with Crippen LogP contribution in [-0.2, 0) is 11.0 Å². The van der Waals surface area contributed by atoms with Gasteiger partial charge in [-0.25, -0.2) is 0 Å². The molecular weight excluding hydrogens is 378 g/mol. The lowest BCUT2D eigenvalue weighted by molar-refractivity contribution is -0.384. The van der Waals surface area contributed by atoms with Gasteiger partial charge in [0.15, 0.2) is 0 Å². The van der Waals surface area contributed by atoms with Gasteiger partial charge in [-0.05, 0) is 11.8 Å². The van der Waals surface area contributed by atoms with Crippen molar-refractivity contribution < 1.29 is 36.1 Å². The van der Waals surface area contributed by atoms with Crippen molar-refractivity contribution in [3.63, 3.8) is 0 Å². The molecule has 128 valence electrons. The monoisotopic (exact) mass is 382 g/mol. The summed E-state index contributed by atoms with van der Waals surface area (Å²) in [4.78, 5) is 19.0. The van der Waals surface area contributed by atoms with Gasteiger partial charge in [-0.15, -0.1) is 0 Å². The van der Waals surface area contributed by atoms with Crippen molar-refractivity contribution in [3.8, 4) is 0 Å². The number of thioether (sulfide) groups is 1. The number of benzene rings is 1. The molecule has 0 radical (unpaired) electrons. The average molecular weight is 383 g/mol. The van der Waals surface area contributed by atoms with Crippen LogP contribution in [0, 0.1) is 10.1 Å². The molecule has 0 unspecified atom stereocenters. The molecule has 0 spiro atoms. The Balaban J connectivity index is 3.84. The summed E-state index contributed by atoms with van der Waals surface area (Å²) < 4.78 is 76.8. The molecule has 13 heteroatoms. The quantitative estimate of drug-likeness (QED) is 0.351. The van der Waals surface area contributed by atoms with E-state index in [1.165, 1.54) is 0 Å². The fraction of sp³-hybridized carbons (Fsp3) is 0.300. The van der Waals surface area contributed by atoms with Crippen LogP contribution >= 0.6 is 23.4 Å². The third-order valence-electron chi connectivity index (χ3n) is 2.21. The van der Waals surface area contributed by atoms with Gasteiger partial charge in [-0.2, -0.15) is 26.3 Å². The predicted octanol–water partition coefficient (Wildman–Crippen LogP) is 4.84. The molecule has 0 atom stereocenters. The molecule has 0 heterocycles. The standard InChI is InChI=1S/C10H5ClF6N2O3S/c1-3(20)18-7-5(19(21)22)2-4(11)8(23-10(15,16)17)6(7)9(12,13)14/h2H,1H3,(H,18,20). The number of hydrogen-bond donors (Lipinski definition) is 1. The zero-order chi connectivity index (χ0) is 18.2. The lowest BCUT2D eigenvalue weighted by Crippen LogP contribution is -2.18. The van der Waals surface area contributed by atoms with E-state index in [0.29, 0.717) is 6.07 Å². The minimum atomic E-state index is -5.43. The molecule has 0 aliphatic carbocycles. The topological polar surface area (TPSA) is 72.2 Å². The highest BCUT2D eigenvalue weighted by molar-refractivity contribution is 8.00. The molecular formula is C10H5ClF6N2O3S. The van der Waals surface area contributed by atoms with E-state index in [9.17, 15) is 41.3 Å². The van der Waals surface area contributed by atoms with Gasteiger partial charge in [0.2, 0.25) is 5.91 Å². The molecule has 23 heavy (non-hydrogen) atoms. The minimum Gasteiger partial charge on any atom is -0.320 e. The average Bonchev–Trinajstić information content (AvgIpc) is 2.28. The van der Waals surface area contributed by atoms with Crippen LogP contribution in [-0.4, -0.2) is 16.3 Å². The Morgan fingerprint density at radius 2 is 1.83 bits per heavy atom. The molecule has 1 rings (SSSR count). The van der Waals surface area contributed by atoms with Crippen molar-refractivity contribution in [2.75, 3.05) is 5.32 Å². The fourth-order valence-electron chi connectivity index (χ4n) is 1.55. The van der Waals surface area contributed by atoms with E-state index < -0.39 is 61.1 Å². The van der Waals surface area contributed by atoms with Crippen LogP contribution in [0.15, 0.2) is 11.0 Å². The van der Waals surface area contributed by atoms with Gasteiger partial charge >= 0.3 is 11.7 Å². The number of nitrogens with one attached hydrogen (secondary N) is 1. The lowest BCUT2D eigenvalue weighted by atomic mass is 10.1. The van der Waals surface area contributed by atoms with Gasteiger partial charge in [0.05, 0.1) is 9.95 Å². The first-order valence-corrected chi connectivity index (χ1v) is 6.55. The first kappa shape index (κ1) is 19.4. The van der Waals surface area contributed by atoms with Crippen LogP contribution in [0.25, 0.3) is 0 Å². The number of carbonyl (C=O) groups excluding carboxylic acids is 1. The van der Waals surface area contributed by atoms with Gasteiger partial charge in [-0.1, -0.05) is 11.6 Å². The van der Waals surface area contributed by atoms with Crippen molar-refractivity contribution in [1.82, 2.24) is 0 Å². The molecule has 0 aliphatic heterocycles. The van der Waals surface area contributed by atoms with E-state index >= 15 is 0 Å². The SMILES string of the molecule is CC(=O)Nc1c([N+](=O)[O-])cc(Cl)c(SC(F)(F)F)c1C(F)(F)F. The van der Waals surface area contributed by atoms with E-state index in [1.54, 1.807) is 5.32 Å². The molecule has 1 amide bonds. The number of nitrogens with zero attached hydrogens (tertiary/aromatic N) is 1. The molecule has 0 aliphatic rings. The highest BCUT2D eigenvalue weighted by atomic mass is 35.5. The summed E-state index contributed by atoms with van der Waals surface area (Å²) in [6, 6.07) is 0.316. The highest BCUT2D eigenvalue weighted by Crippen LogP contribution is 2.52. The predicted molar refractivity (Wildman–Crippen MR) is 69.3 cm³/mol. The van der Waals surface area contributed by atoms with Gasteiger partial charge < -0.3 is 5.32 Å². The first-order valence-electron chi connectivity index (χ1n) is 5.35. The van der Waals surface area contributed by atoms with Crippen LogP contribution in [0.4, 0.5) is 37.7 Å². The summed E-state index contributed by atoms with van der Waals surface area (Å²) in [7, 11) is 0. The molecule has 0 fully saturated rings. The Kier molecular flexibility index (Phi) is 5.41. The molecule has 1 aromatic carbocycles. The van der Waals surface area contributed by atoms with Crippen LogP contribution in [0.3, 0.4) is 0 Å². The molecule has 0 saturated heterocycles. The van der Waals surface area contributed by atoms with E-state index in [4.69, 9.17) is 11.6 Å². The Hall–Kier alpha value is -1.69. The Bertz CT molecular complexity index is 661. The normalized spacial score (nSPS) is 12.2. The van der Waals surface area contributed by atoms with Crippen LogP contribution in [0.2, 0.25) is 5.02 Å². The van der Waals surface area contributed by atoms with E-state index in [1.807, 2.05) is 0 Å². The van der Waals surface area contributed by atoms with Gasteiger partial charge in [0.25, 0.3) is 5.69 Å². The van der Waals surface area contributed by atoms with Gasteiger partial charge in [-0.3, -0.25) is 14.9 Å². The number of carbonyl (C=O) groups is 1. The number of anilines is 1. The Labute approximate surface area is 133 Å². The minimum absolute atomic E-state index is 0.316. The summed E-state index contributed by atoms with van der Waals surface area (Å²) >= 11 is 4.18. The van der Waals surface area contributed by atoms with Crippen LogP contribution in [0.5, 0.6) is 0 Å². The van der Waals surface area contributed by atoms with Crippen molar-refractivity contribution in [2.24, 2.45) is 0 Å². The fourth-order valence-corrected chi connectivity index (χ4v) is 2.57. The summed E-state index contributed by atoms with van der Waals surface area (Å²) in [5.74, 6) is -1.14. The second-order valence-corrected chi connectivity index (χ2v) is 5.42. The number of nitro groups is 1. The van der Waals surface area contributed by atoms with Gasteiger partial charge in [0.1, 0.15) is 11.3 Å². The van der Waals surface area contributed by atoms with E-state index in [-0.39, 0.29) is 0 Å². The maximum atomic E-state index is 13.1. The number of halogens is 7. The van der Waals surface area contributed by atoms with E-state index in [2.05, 4.69) is 0 Å². The molecule has 0 aromatic heterocycles. The Morgan fingerprint density at radius 1 is 1.30 bits per heavy atom. The molecule has 0 saturated carbocycles. The summed E-state index contributed by atoms with van der Waals surface area (Å²) in [6.45, 7) is 0.745. The first-order chi connectivity index (χ1) is 10.2. The number of rotatable bonds is 3.